The minimum absolute atomic E-state index is 0.0673. The standard InChI is InChI=1S/C15H24N2O/c1-12(2)7-9-16-10-8-15(18)17-14-6-4-5-13(3)11-14/h4-6,11-12,16H,7-10H2,1-3H3,(H,17,18). The van der Waals surface area contributed by atoms with Crippen molar-refractivity contribution in [3.05, 3.63) is 29.8 Å². The average Bonchev–Trinajstić information content (AvgIpc) is 2.28. The molecule has 2 N–H and O–H groups in total. The molecule has 0 fully saturated rings. The maximum atomic E-state index is 11.7. The highest BCUT2D eigenvalue weighted by atomic mass is 16.1. The van der Waals surface area contributed by atoms with E-state index in [1.165, 1.54) is 0 Å². The summed E-state index contributed by atoms with van der Waals surface area (Å²) >= 11 is 0. The molecule has 0 atom stereocenters. The van der Waals surface area contributed by atoms with Gasteiger partial charge >= 0.3 is 0 Å². The molecule has 3 nitrogen and oxygen atoms in total. The fourth-order valence-corrected chi connectivity index (χ4v) is 1.66. The van der Waals surface area contributed by atoms with Crippen LogP contribution in [0, 0.1) is 12.8 Å². The van der Waals surface area contributed by atoms with Crippen LogP contribution in [0.4, 0.5) is 5.69 Å². The first kappa shape index (κ1) is 14.7. The van der Waals surface area contributed by atoms with E-state index in [1.807, 2.05) is 31.2 Å². The van der Waals surface area contributed by atoms with Crippen molar-refractivity contribution in [2.75, 3.05) is 18.4 Å². The number of rotatable bonds is 7. The van der Waals surface area contributed by atoms with Crippen molar-refractivity contribution < 1.29 is 4.79 Å². The summed E-state index contributed by atoms with van der Waals surface area (Å²) in [6.45, 7) is 8.14. The fraction of sp³-hybridized carbons (Fsp3) is 0.533. The Balaban J connectivity index is 2.18. The van der Waals surface area contributed by atoms with Crippen LogP contribution in [0.3, 0.4) is 0 Å². The van der Waals surface area contributed by atoms with Crippen molar-refractivity contribution >= 4 is 11.6 Å². The highest BCUT2D eigenvalue weighted by Crippen LogP contribution is 2.09. The molecule has 0 aromatic heterocycles. The lowest BCUT2D eigenvalue weighted by Gasteiger charge is -2.08. The molecule has 18 heavy (non-hydrogen) atoms. The molecule has 0 saturated heterocycles. The van der Waals surface area contributed by atoms with Gasteiger partial charge in [-0.2, -0.15) is 0 Å². The molecule has 0 aliphatic heterocycles. The number of nitrogens with one attached hydrogen (secondary N) is 2. The summed E-state index contributed by atoms with van der Waals surface area (Å²) in [5.74, 6) is 0.774. The molecule has 0 saturated carbocycles. The summed E-state index contributed by atoms with van der Waals surface area (Å²) in [6, 6.07) is 7.86. The lowest BCUT2D eigenvalue weighted by molar-refractivity contribution is -0.116. The van der Waals surface area contributed by atoms with Crippen LogP contribution in [0.15, 0.2) is 24.3 Å². The first-order chi connectivity index (χ1) is 8.58. The zero-order chi connectivity index (χ0) is 13.4. The number of carbonyl (C=O) groups excluding carboxylic acids is 1. The molecule has 0 heterocycles. The van der Waals surface area contributed by atoms with Gasteiger partial charge in [-0.1, -0.05) is 26.0 Å². The summed E-state index contributed by atoms with van der Waals surface area (Å²) in [7, 11) is 0. The second kappa shape index (κ2) is 7.88. The minimum Gasteiger partial charge on any atom is -0.326 e. The molecule has 1 rings (SSSR count). The molecular weight excluding hydrogens is 224 g/mol. The molecule has 0 unspecified atom stereocenters. The first-order valence-electron chi connectivity index (χ1n) is 6.65. The topological polar surface area (TPSA) is 41.1 Å². The number of hydrogen-bond acceptors (Lipinski definition) is 2. The first-order valence-corrected chi connectivity index (χ1v) is 6.65. The van der Waals surface area contributed by atoms with E-state index in [9.17, 15) is 4.79 Å². The van der Waals surface area contributed by atoms with Gasteiger partial charge < -0.3 is 10.6 Å². The van der Waals surface area contributed by atoms with E-state index in [-0.39, 0.29) is 5.91 Å². The number of hydrogen-bond donors (Lipinski definition) is 2. The van der Waals surface area contributed by atoms with E-state index in [1.54, 1.807) is 0 Å². The molecule has 1 amide bonds. The van der Waals surface area contributed by atoms with Gasteiger partial charge in [0.15, 0.2) is 0 Å². The zero-order valence-corrected chi connectivity index (χ0v) is 11.6. The predicted molar refractivity (Wildman–Crippen MR) is 76.8 cm³/mol. The maximum absolute atomic E-state index is 11.7. The molecule has 0 bridgehead atoms. The van der Waals surface area contributed by atoms with E-state index < -0.39 is 0 Å². The van der Waals surface area contributed by atoms with Gasteiger partial charge in [-0.25, -0.2) is 0 Å². The monoisotopic (exact) mass is 248 g/mol. The zero-order valence-electron chi connectivity index (χ0n) is 11.6. The van der Waals surface area contributed by atoms with Crippen molar-refractivity contribution in [3.63, 3.8) is 0 Å². The number of aryl methyl sites for hydroxylation is 1. The average molecular weight is 248 g/mol. The van der Waals surface area contributed by atoms with Gasteiger partial charge in [0.1, 0.15) is 0 Å². The maximum Gasteiger partial charge on any atom is 0.225 e. The van der Waals surface area contributed by atoms with Crippen molar-refractivity contribution in [1.82, 2.24) is 5.32 Å². The van der Waals surface area contributed by atoms with Gasteiger partial charge in [-0.05, 0) is 43.5 Å². The quantitative estimate of drug-likeness (QED) is 0.728. The summed E-state index contributed by atoms with van der Waals surface area (Å²) in [5, 5.41) is 6.19. The third kappa shape index (κ3) is 6.40. The highest BCUT2D eigenvalue weighted by Gasteiger charge is 2.02. The van der Waals surface area contributed by atoms with Gasteiger partial charge in [0.25, 0.3) is 0 Å². The van der Waals surface area contributed by atoms with Crippen LogP contribution in [0.2, 0.25) is 0 Å². The SMILES string of the molecule is Cc1cccc(NC(=O)CCNCCC(C)C)c1. The van der Waals surface area contributed by atoms with Crippen LogP contribution in [0.1, 0.15) is 32.3 Å². The third-order valence-corrected chi connectivity index (χ3v) is 2.73. The molecule has 3 heteroatoms. The van der Waals surface area contributed by atoms with Gasteiger partial charge in [0.2, 0.25) is 5.91 Å². The van der Waals surface area contributed by atoms with Crippen molar-refractivity contribution in [1.29, 1.82) is 0 Å². The Morgan fingerprint density at radius 1 is 1.28 bits per heavy atom. The Morgan fingerprint density at radius 2 is 2.06 bits per heavy atom. The number of anilines is 1. The van der Waals surface area contributed by atoms with Gasteiger partial charge in [0.05, 0.1) is 0 Å². The summed E-state index contributed by atoms with van der Waals surface area (Å²) in [6.07, 6.45) is 1.67. The van der Waals surface area contributed by atoms with E-state index in [0.29, 0.717) is 12.3 Å². The lowest BCUT2D eigenvalue weighted by Crippen LogP contribution is -2.23. The molecule has 1 aromatic carbocycles. The summed E-state index contributed by atoms with van der Waals surface area (Å²) in [5.41, 5.74) is 2.03. The Labute approximate surface area is 110 Å². The predicted octanol–water partition coefficient (Wildman–Crippen LogP) is 2.96. The van der Waals surface area contributed by atoms with Gasteiger partial charge in [0, 0.05) is 18.7 Å². The molecule has 0 spiro atoms. The highest BCUT2D eigenvalue weighted by molar-refractivity contribution is 5.90. The van der Waals surface area contributed by atoms with Gasteiger partial charge in [-0.3, -0.25) is 4.79 Å². The van der Waals surface area contributed by atoms with Crippen LogP contribution in [0.5, 0.6) is 0 Å². The largest absolute Gasteiger partial charge is 0.326 e. The van der Waals surface area contributed by atoms with E-state index in [0.717, 1.165) is 30.8 Å². The Morgan fingerprint density at radius 3 is 2.72 bits per heavy atom. The lowest BCUT2D eigenvalue weighted by atomic mass is 10.1. The molecule has 0 aliphatic rings. The smallest absolute Gasteiger partial charge is 0.225 e. The van der Waals surface area contributed by atoms with Crippen LogP contribution < -0.4 is 10.6 Å². The summed E-state index contributed by atoms with van der Waals surface area (Å²) in [4.78, 5) is 11.7. The summed E-state index contributed by atoms with van der Waals surface area (Å²) < 4.78 is 0. The van der Waals surface area contributed by atoms with Crippen molar-refractivity contribution in [3.8, 4) is 0 Å². The van der Waals surface area contributed by atoms with E-state index >= 15 is 0 Å². The van der Waals surface area contributed by atoms with Crippen LogP contribution in [0.25, 0.3) is 0 Å². The Hall–Kier alpha value is -1.35. The Kier molecular flexibility index (Phi) is 6.44. The second-order valence-electron chi connectivity index (χ2n) is 5.10. The molecule has 0 radical (unpaired) electrons. The molecule has 0 aliphatic carbocycles. The van der Waals surface area contributed by atoms with Crippen LogP contribution >= 0.6 is 0 Å². The number of carbonyl (C=O) groups is 1. The van der Waals surface area contributed by atoms with E-state index in [4.69, 9.17) is 0 Å². The fourth-order valence-electron chi connectivity index (χ4n) is 1.66. The normalized spacial score (nSPS) is 10.7. The number of benzene rings is 1. The minimum atomic E-state index is 0.0673. The van der Waals surface area contributed by atoms with Crippen molar-refractivity contribution in [2.45, 2.75) is 33.6 Å². The van der Waals surface area contributed by atoms with Crippen LogP contribution in [-0.4, -0.2) is 19.0 Å². The van der Waals surface area contributed by atoms with Crippen LogP contribution in [-0.2, 0) is 4.79 Å². The van der Waals surface area contributed by atoms with Crippen molar-refractivity contribution in [2.24, 2.45) is 5.92 Å². The molecular formula is C15H24N2O. The van der Waals surface area contributed by atoms with Gasteiger partial charge in [-0.15, -0.1) is 0 Å². The Bertz CT molecular complexity index is 375. The third-order valence-electron chi connectivity index (χ3n) is 2.73. The molecule has 100 valence electrons. The molecule has 1 aromatic rings. The number of amides is 1. The van der Waals surface area contributed by atoms with E-state index in [2.05, 4.69) is 24.5 Å². The second-order valence-corrected chi connectivity index (χ2v) is 5.10.